The molecule has 100 valence electrons. The molecule has 0 radical (unpaired) electrons. The third-order valence-corrected chi connectivity index (χ3v) is 2.98. The first kappa shape index (κ1) is 14.7. The van der Waals surface area contributed by atoms with E-state index in [0.717, 1.165) is 30.8 Å². The molecule has 0 aliphatic heterocycles. The molecule has 0 spiro atoms. The van der Waals surface area contributed by atoms with Gasteiger partial charge in [0.1, 0.15) is 11.5 Å². The zero-order valence-corrected chi connectivity index (χ0v) is 11.8. The molecule has 0 aliphatic carbocycles. The minimum Gasteiger partial charge on any atom is -0.496 e. The second-order valence-corrected chi connectivity index (χ2v) is 4.85. The molecule has 3 heteroatoms. The van der Waals surface area contributed by atoms with Crippen LogP contribution in [0.1, 0.15) is 30.9 Å². The van der Waals surface area contributed by atoms with E-state index in [-0.39, 0.29) is 5.78 Å². The van der Waals surface area contributed by atoms with E-state index >= 15 is 0 Å². The second-order valence-electron chi connectivity index (χ2n) is 4.85. The summed E-state index contributed by atoms with van der Waals surface area (Å²) in [5, 5.41) is 0. The van der Waals surface area contributed by atoms with Gasteiger partial charge in [0.25, 0.3) is 0 Å². The summed E-state index contributed by atoms with van der Waals surface area (Å²) in [6.45, 7) is 5.55. The standard InChI is InChI=1S/C15H23NO2/c1-12-10-14(7-8-15(12)18-4)11-16(3)9-5-6-13(2)17/h7-8,10H,5-6,9,11H2,1-4H3. The Hall–Kier alpha value is -1.35. The van der Waals surface area contributed by atoms with Crippen LogP contribution in [-0.4, -0.2) is 31.4 Å². The van der Waals surface area contributed by atoms with Crippen molar-refractivity contribution < 1.29 is 9.53 Å². The van der Waals surface area contributed by atoms with Crippen LogP contribution in [0.4, 0.5) is 0 Å². The number of Topliss-reactive ketones (excluding diaryl/α,β-unsaturated/α-hetero) is 1. The molecular weight excluding hydrogens is 226 g/mol. The fourth-order valence-electron chi connectivity index (χ4n) is 2.03. The monoisotopic (exact) mass is 249 g/mol. The van der Waals surface area contributed by atoms with Crippen LogP contribution in [0.25, 0.3) is 0 Å². The highest BCUT2D eigenvalue weighted by molar-refractivity contribution is 5.75. The lowest BCUT2D eigenvalue weighted by Gasteiger charge is -2.17. The van der Waals surface area contributed by atoms with E-state index in [0.29, 0.717) is 6.42 Å². The molecule has 1 rings (SSSR count). The van der Waals surface area contributed by atoms with Crippen molar-refractivity contribution in [2.24, 2.45) is 0 Å². The number of rotatable bonds is 7. The van der Waals surface area contributed by atoms with Crippen molar-refractivity contribution in [3.05, 3.63) is 29.3 Å². The molecule has 3 nitrogen and oxygen atoms in total. The van der Waals surface area contributed by atoms with Crippen molar-refractivity contribution in [2.75, 3.05) is 20.7 Å². The number of aryl methyl sites for hydroxylation is 1. The highest BCUT2D eigenvalue weighted by Crippen LogP contribution is 2.19. The van der Waals surface area contributed by atoms with E-state index in [4.69, 9.17) is 4.74 Å². The van der Waals surface area contributed by atoms with Gasteiger partial charge >= 0.3 is 0 Å². The largest absolute Gasteiger partial charge is 0.496 e. The summed E-state index contributed by atoms with van der Waals surface area (Å²) < 4.78 is 5.25. The minimum absolute atomic E-state index is 0.267. The van der Waals surface area contributed by atoms with E-state index in [9.17, 15) is 4.79 Å². The fraction of sp³-hybridized carbons (Fsp3) is 0.533. The average molecular weight is 249 g/mol. The van der Waals surface area contributed by atoms with Crippen molar-refractivity contribution >= 4 is 5.78 Å². The van der Waals surface area contributed by atoms with Crippen LogP contribution < -0.4 is 4.74 Å². The van der Waals surface area contributed by atoms with Gasteiger partial charge < -0.3 is 14.4 Å². The number of carbonyl (C=O) groups excluding carboxylic acids is 1. The van der Waals surface area contributed by atoms with Crippen molar-refractivity contribution in [1.82, 2.24) is 4.90 Å². The molecule has 0 heterocycles. The highest BCUT2D eigenvalue weighted by Gasteiger charge is 2.04. The first-order valence-corrected chi connectivity index (χ1v) is 6.34. The third-order valence-electron chi connectivity index (χ3n) is 2.98. The van der Waals surface area contributed by atoms with Gasteiger partial charge in [-0.3, -0.25) is 0 Å². The Labute approximate surface area is 110 Å². The van der Waals surface area contributed by atoms with E-state index in [1.165, 1.54) is 5.56 Å². The van der Waals surface area contributed by atoms with Crippen LogP contribution in [0.15, 0.2) is 18.2 Å². The van der Waals surface area contributed by atoms with Crippen molar-refractivity contribution in [1.29, 1.82) is 0 Å². The van der Waals surface area contributed by atoms with E-state index in [1.807, 2.05) is 6.07 Å². The number of hydrogen-bond donors (Lipinski definition) is 0. The molecule has 0 aliphatic rings. The predicted molar refractivity (Wildman–Crippen MR) is 74.0 cm³/mol. The smallest absolute Gasteiger partial charge is 0.129 e. The van der Waals surface area contributed by atoms with Gasteiger partial charge in [-0.05, 0) is 51.1 Å². The van der Waals surface area contributed by atoms with Gasteiger partial charge in [-0.25, -0.2) is 0 Å². The summed E-state index contributed by atoms with van der Waals surface area (Å²) in [7, 11) is 3.77. The Morgan fingerprint density at radius 1 is 1.39 bits per heavy atom. The van der Waals surface area contributed by atoms with Crippen LogP contribution in [-0.2, 0) is 11.3 Å². The first-order chi connectivity index (χ1) is 8.52. The van der Waals surface area contributed by atoms with Crippen LogP contribution in [0.2, 0.25) is 0 Å². The molecule has 0 bridgehead atoms. The van der Waals surface area contributed by atoms with E-state index in [1.54, 1.807) is 14.0 Å². The molecular formula is C15H23NO2. The lowest BCUT2D eigenvalue weighted by Crippen LogP contribution is -2.19. The van der Waals surface area contributed by atoms with Crippen LogP contribution >= 0.6 is 0 Å². The number of ether oxygens (including phenoxy) is 1. The number of ketones is 1. The van der Waals surface area contributed by atoms with Crippen molar-refractivity contribution in [2.45, 2.75) is 33.2 Å². The molecule has 0 atom stereocenters. The summed E-state index contributed by atoms with van der Waals surface area (Å²) in [5.41, 5.74) is 2.44. The SMILES string of the molecule is COc1ccc(CN(C)CCCC(C)=O)cc1C. The number of nitrogens with zero attached hydrogens (tertiary/aromatic N) is 1. The molecule has 0 amide bonds. The summed E-state index contributed by atoms with van der Waals surface area (Å²) in [6, 6.07) is 6.25. The second kappa shape index (κ2) is 7.17. The minimum atomic E-state index is 0.267. The van der Waals surface area contributed by atoms with Crippen molar-refractivity contribution in [3.63, 3.8) is 0 Å². The molecule has 1 aromatic carbocycles. The zero-order chi connectivity index (χ0) is 13.5. The molecule has 18 heavy (non-hydrogen) atoms. The van der Waals surface area contributed by atoms with Gasteiger partial charge in [0.05, 0.1) is 7.11 Å². The molecule has 0 fully saturated rings. The fourth-order valence-corrected chi connectivity index (χ4v) is 2.03. The lowest BCUT2D eigenvalue weighted by molar-refractivity contribution is -0.117. The Morgan fingerprint density at radius 3 is 2.67 bits per heavy atom. The van der Waals surface area contributed by atoms with E-state index < -0.39 is 0 Å². The normalized spacial score (nSPS) is 10.7. The van der Waals surface area contributed by atoms with Gasteiger partial charge in [-0.15, -0.1) is 0 Å². The topological polar surface area (TPSA) is 29.5 Å². The van der Waals surface area contributed by atoms with Crippen LogP contribution in [0.5, 0.6) is 5.75 Å². The summed E-state index contributed by atoms with van der Waals surface area (Å²) >= 11 is 0. The molecule has 0 unspecified atom stereocenters. The lowest BCUT2D eigenvalue weighted by atomic mass is 10.1. The van der Waals surface area contributed by atoms with E-state index in [2.05, 4.69) is 31.0 Å². The van der Waals surface area contributed by atoms with Gasteiger partial charge in [0.2, 0.25) is 0 Å². The Balaban J connectivity index is 2.46. The summed E-state index contributed by atoms with van der Waals surface area (Å²) in [5.74, 6) is 1.20. The average Bonchev–Trinajstić information content (AvgIpc) is 2.28. The molecule has 1 aromatic rings. The molecule has 0 aromatic heterocycles. The Bertz CT molecular complexity index is 401. The van der Waals surface area contributed by atoms with Gasteiger partial charge in [-0.2, -0.15) is 0 Å². The van der Waals surface area contributed by atoms with Crippen molar-refractivity contribution in [3.8, 4) is 5.75 Å². The number of hydrogen-bond acceptors (Lipinski definition) is 3. The number of methoxy groups -OCH3 is 1. The van der Waals surface area contributed by atoms with Crippen LogP contribution in [0, 0.1) is 6.92 Å². The third kappa shape index (κ3) is 4.88. The quantitative estimate of drug-likeness (QED) is 0.744. The summed E-state index contributed by atoms with van der Waals surface area (Å²) in [4.78, 5) is 13.1. The maximum atomic E-state index is 10.9. The predicted octanol–water partition coefficient (Wildman–Crippen LogP) is 2.80. The molecule has 0 N–H and O–H groups in total. The number of benzene rings is 1. The summed E-state index contributed by atoms with van der Waals surface area (Å²) in [6.07, 6.45) is 1.60. The maximum Gasteiger partial charge on any atom is 0.129 e. The number of carbonyl (C=O) groups is 1. The molecule has 0 saturated heterocycles. The van der Waals surface area contributed by atoms with Gasteiger partial charge in [-0.1, -0.05) is 12.1 Å². The zero-order valence-electron chi connectivity index (χ0n) is 11.8. The maximum absolute atomic E-state index is 10.9. The Kier molecular flexibility index (Phi) is 5.86. The Morgan fingerprint density at radius 2 is 2.11 bits per heavy atom. The van der Waals surface area contributed by atoms with Crippen LogP contribution in [0.3, 0.4) is 0 Å². The molecule has 0 saturated carbocycles. The van der Waals surface area contributed by atoms with Gasteiger partial charge in [0, 0.05) is 13.0 Å². The first-order valence-electron chi connectivity index (χ1n) is 6.34. The van der Waals surface area contributed by atoms with Gasteiger partial charge in [0.15, 0.2) is 0 Å². The highest BCUT2D eigenvalue weighted by atomic mass is 16.5.